The van der Waals surface area contributed by atoms with Gasteiger partial charge in [-0.25, -0.2) is 4.79 Å². The summed E-state index contributed by atoms with van der Waals surface area (Å²) >= 11 is 5.96. The molecule has 1 amide bonds. The lowest BCUT2D eigenvalue weighted by Crippen LogP contribution is -2.28. The molecular formula is C17H14ClF2NO4. The van der Waals surface area contributed by atoms with Crippen molar-refractivity contribution in [3.63, 3.8) is 0 Å². The van der Waals surface area contributed by atoms with Crippen LogP contribution >= 0.6 is 11.6 Å². The second-order valence-electron chi connectivity index (χ2n) is 4.85. The number of carbonyl (C=O) groups excluding carboxylic acids is 2. The van der Waals surface area contributed by atoms with Crippen LogP contribution in [-0.4, -0.2) is 25.1 Å². The van der Waals surface area contributed by atoms with Crippen molar-refractivity contribution in [2.45, 2.75) is 13.2 Å². The van der Waals surface area contributed by atoms with Crippen molar-refractivity contribution in [3.05, 3.63) is 64.7 Å². The molecule has 25 heavy (non-hydrogen) atoms. The van der Waals surface area contributed by atoms with Gasteiger partial charge in [0.15, 0.2) is 6.61 Å². The number of ether oxygens (including phenoxy) is 2. The standard InChI is InChI=1S/C17H14ClF2NO4/c18-14-7-2-1-4-12(14)9-21-15(22)10-24-16(23)11-5-3-6-13(8-11)25-17(19)20/h1-8,17H,9-10H2,(H,21,22). The van der Waals surface area contributed by atoms with Crippen molar-refractivity contribution >= 4 is 23.5 Å². The van der Waals surface area contributed by atoms with Gasteiger partial charge < -0.3 is 14.8 Å². The highest BCUT2D eigenvalue weighted by atomic mass is 35.5. The minimum atomic E-state index is -3.00. The minimum Gasteiger partial charge on any atom is -0.452 e. The summed E-state index contributed by atoms with van der Waals surface area (Å²) in [4.78, 5) is 23.6. The summed E-state index contributed by atoms with van der Waals surface area (Å²) in [6, 6.07) is 12.1. The predicted molar refractivity (Wildman–Crippen MR) is 86.7 cm³/mol. The Labute approximate surface area is 147 Å². The molecule has 1 N–H and O–H groups in total. The fourth-order valence-corrected chi connectivity index (χ4v) is 2.10. The first kappa shape index (κ1) is 18.7. The summed E-state index contributed by atoms with van der Waals surface area (Å²) in [6.45, 7) is -3.32. The van der Waals surface area contributed by atoms with Gasteiger partial charge in [-0.2, -0.15) is 8.78 Å². The van der Waals surface area contributed by atoms with E-state index in [0.717, 1.165) is 11.6 Å². The van der Waals surface area contributed by atoms with Crippen LogP contribution in [0.3, 0.4) is 0 Å². The van der Waals surface area contributed by atoms with E-state index in [1.165, 1.54) is 18.2 Å². The molecule has 132 valence electrons. The van der Waals surface area contributed by atoms with Crippen molar-refractivity contribution in [1.29, 1.82) is 0 Å². The first-order chi connectivity index (χ1) is 12.0. The molecule has 0 aromatic heterocycles. The van der Waals surface area contributed by atoms with Crippen molar-refractivity contribution in [1.82, 2.24) is 5.32 Å². The van der Waals surface area contributed by atoms with Gasteiger partial charge in [-0.15, -0.1) is 0 Å². The number of carbonyl (C=O) groups is 2. The van der Waals surface area contributed by atoms with E-state index in [0.29, 0.717) is 5.02 Å². The number of hydrogen-bond acceptors (Lipinski definition) is 4. The molecular weight excluding hydrogens is 356 g/mol. The van der Waals surface area contributed by atoms with E-state index < -0.39 is 25.1 Å². The van der Waals surface area contributed by atoms with E-state index in [1.54, 1.807) is 24.3 Å². The van der Waals surface area contributed by atoms with Gasteiger partial charge >= 0.3 is 12.6 Å². The van der Waals surface area contributed by atoms with Gasteiger partial charge in [0, 0.05) is 11.6 Å². The van der Waals surface area contributed by atoms with Gasteiger partial charge in [-0.1, -0.05) is 35.9 Å². The average Bonchev–Trinajstić information content (AvgIpc) is 2.58. The Morgan fingerprint density at radius 1 is 1.12 bits per heavy atom. The van der Waals surface area contributed by atoms with Crippen molar-refractivity contribution in [2.75, 3.05) is 6.61 Å². The normalized spacial score (nSPS) is 10.4. The van der Waals surface area contributed by atoms with Gasteiger partial charge in [0.25, 0.3) is 5.91 Å². The van der Waals surface area contributed by atoms with E-state index in [4.69, 9.17) is 16.3 Å². The maximum Gasteiger partial charge on any atom is 0.387 e. The molecule has 5 nitrogen and oxygen atoms in total. The Bertz CT molecular complexity index is 755. The zero-order valence-corrected chi connectivity index (χ0v) is 13.6. The Kier molecular flexibility index (Phi) is 6.71. The lowest BCUT2D eigenvalue weighted by Gasteiger charge is -2.09. The SMILES string of the molecule is O=C(COC(=O)c1cccc(OC(F)F)c1)NCc1ccccc1Cl. The predicted octanol–water partition coefficient (Wildman–Crippen LogP) is 3.41. The molecule has 2 aromatic carbocycles. The van der Waals surface area contributed by atoms with Crippen LogP contribution in [0.15, 0.2) is 48.5 Å². The molecule has 0 unspecified atom stereocenters. The number of amides is 1. The molecule has 0 aliphatic carbocycles. The lowest BCUT2D eigenvalue weighted by molar-refractivity contribution is -0.124. The molecule has 2 aromatic rings. The van der Waals surface area contributed by atoms with Crippen molar-refractivity contribution < 1.29 is 27.8 Å². The Morgan fingerprint density at radius 2 is 1.88 bits per heavy atom. The molecule has 0 fully saturated rings. The summed E-state index contributed by atoms with van der Waals surface area (Å²) in [6.07, 6.45) is 0. The second kappa shape index (κ2) is 8.98. The highest BCUT2D eigenvalue weighted by molar-refractivity contribution is 6.31. The molecule has 8 heteroatoms. The van der Waals surface area contributed by atoms with E-state index in [9.17, 15) is 18.4 Å². The van der Waals surface area contributed by atoms with Crippen LogP contribution in [0.25, 0.3) is 0 Å². The third-order valence-corrected chi connectivity index (χ3v) is 3.43. The van der Waals surface area contributed by atoms with Crippen molar-refractivity contribution in [2.24, 2.45) is 0 Å². The van der Waals surface area contributed by atoms with Gasteiger partial charge in [0.05, 0.1) is 5.56 Å². The number of nitrogens with one attached hydrogen (secondary N) is 1. The van der Waals surface area contributed by atoms with Crippen LogP contribution in [-0.2, 0) is 16.1 Å². The first-order valence-electron chi connectivity index (χ1n) is 7.18. The van der Waals surface area contributed by atoms with Gasteiger partial charge in [0.1, 0.15) is 5.75 Å². The summed E-state index contributed by atoms with van der Waals surface area (Å²) in [5, 5.41) is 3.07. The molecule has 0 atom stereocenters. The number of alkyl halides is 2. The van der Waals surface area contributed by atoms with Crippen LogP contribution in [0.1, 0.15) is 15.9 Å². The Balaban J connectivity index is 1.83. The minimum absolute atomic E-state index is 0.00273. The molecule has 2 rings (SSSR count). The topological polar surface area (TPSA) is 64.6 Å². The van der Waals surface area contributed by atoms with Crippen LogP contribution in [0.5, 0.6) is 5.75 Å². The first-order valence-corrected chi connectivity index (χ1v) is 7.55. The third kappa shape index (κ3) is 6.04. The molecule has 0 spiro atoms. The molecule has 0 bridgehead atoms. The number of rotatable bonds is 7. The largest absolute Gasteiger partial charge is 0.452 e. The van der Waals surface area contributed by atoms with E-state index in [-0.39, 0.29) is 17.9 Å². The molecule has 0 heterocycles. The number of esters is 1. The third-order valence-electron chi connectivity index (χ3n) is 3.06. The van der Waals surface area contributed by atoms with E-state index >= 15 is 0 Å². The zero-order valence-electron chi connectivity index (χ0n) is 12.9. The quantitative estimate of drug-likeness (QED) is 0.760. The van der Waals surface area contributed by atoms with E-state index in [2.05, 4.69) is 10.1 Å². The van der Waals surface area contributed by atoms with Crippen LogP contribution in [0.2, 0.25) is 5.02 Å². The monoisotopic (exact) mass is 369 g/mol. The summed E-state index contributed by atoms with van der Waals surface area (Å²) in [5.41, 5.74) is 0.720. The molecule has 0 aliphatic heterocycles. The van der Waals surface area contributed by atoms with Crippen LogP contribution in [0.4, 0.5) is 8.78 Å². The van der Waals surface area contributed by atoms with Crippen LogP contribution < -0.4 is 10.1 Å². The second-order valence-corrected chi connectivity index (χ2v) is 5.26. The molecule has 0 saturated heterocycles. The average molecular weight is 370 g/mol. The Morgan fingerprint density at radius 3 is 2.60 bits per heavy atom. The molecule has 0 saturated carbocycles. The van der Waals surface area contributed by atoms with Gasteiger partial charge in [0.2, 0.25) is 0 Å². The van der Waals surface area contributed by atoms with Gasteiger partial charge in [-0.05, 0) is 29.8 Å². The maximum atomic E-state index is 12.2. The number of benzene rings is 2. The fraction of sp³-hybridized carbons (Fsp3) is 0.176. The Hall–Kier alpha value is -2.67. The fourth-order valence-electron chi connectivity index (χ4n) is 1.90. The molecule has 0 radical (unpaired) electrons. The summed E-state index contributed by atoms with van der Waals surface area (Å²) in [5.74, 6) is -1.52. The summed E-state index contributed by atoms with van der Waals surface area (Å²) in [7, 11) is 0. The molecule has 0 aliphatic rings. The smallest absolute Gasteiger partial charge is 0.387 e. The maximum absolute atomic E-state index is 12.2. The lowest BCUT2D eigenvalue weighted by atomic mass is 10.2. The summed E-state index contributed by atoms with van der Waals surface area (Å²) < 4.78 is 33.4. The van der Waals surface area contributed by atoms with Crippen LogP contribution in [0, 0.1) is 0 Å². The van der Waals surface area contributed by atoms with Crippen molar-refractivity contribution in [3.8, 4) is 5.75 Å². The number of halogens is 3. The van der Waals surface area contributed by atoms with Gasteiger partial charge in [-0.3, -0.25) is 4.79 Å². The highest BCUT2D eigenvalue weighted by Gasteiger charge is 2.12. The highest BCUT2D eigenvalue weighted by Crippen LogP contribution is 2.17. The zero-order chi connectivity index (χ0) is 18.2. The number of hydrogen-bond donors (Lipinski definition) is 1. The van der Waals surface area contributed by atoms with E-state index in [1.807, 2.05) is 0 Å².